The number of nitrogens with zero attached hydrogens (tertiary/aromatic N) is 4. The Morgan fingerprint density at radius 2 is 1.41 bits per heavy atom. The Labute approximate surface area is 151 Å². The van der Waals surface area contributed by atoms with Crippen LogP contribution in [0.4, 0.5) is 22.0 Å². The molecule has 0 aliphatic carbocycles. The standard InChI is InChI=1S/C18H11F5N4/c1-8-12(6-25)14(13(7-26)9(2)27(8)3)11-4-10(5-24)16(19)15(17(11)20)18(21,22)23/h4,14H,1-3H3. The molecule has 1 aliphatic heterocycles. The lowest BCUT2D eigenvalue weighted by atomic mass is 9.79. The molecule has 0 unspecified atom stereocenters. The van der Waals surface area contributed by atoms with E-state index in [4.69, 9.17) is 5.26 Å². The molecule has 1 aliphatic rings. The Bertz CT molecular complexity index is 975. The van der Waals surface area contributed by atoms with Crippen LogP contribution in [0.15, 0.2) is 28.6 Å². The smallest absolute Gasteiger partial charge is 0.350 e. The zero-order valence-corrected chi connectivity index (χ0v) is 14.3. The van der Waals surface area contributed by atoms with E-state index >= 15 is 0 Å². The van der Waals surface area contributed by atoms with Crippen molar-refractivity contribution in [3.05, 3.63) is 56.9 Å². The molecule has 0 atom stereocenters. The van der Waals surface area contributed by atoms with Crippen LogP contribution in [0.3, 0.4) is 0 Å². The fourth-order valence-electron chi connectivity index (χ4n) is 2.97. The lowest BCUT2D eigenvalue weighted by molar-refractivity contribution is -0.142. The molecule has 0 saturated carbocycles. The fraction of sp³-hybridized carbons (Fsp3) is 0.278. The molecule has 0 N–H and O–H groups in total. The highest BCUT2D eigenvalue weighted by atomic mass is 19.4. The number of nitriles is 3. The zero-order chi connectivity index (χ0) is 20.7. The molecule has 0 radical (unpaired) electrons. The summed E-state index contributed by atoms with van der Waals surface area (Å²) < 4.78 is 68.3. The van der Waals surface area contributed by atoms with Gasteiger partial charge in [-0.3, -0.25) is 0 Å². The lowest BCUT2D eigenvalue weighted by Crippen LogP contribution is -2.27. The van der Waals surface area contributed by atoms with Gasteiger partial charge in [0.05, 0.1) is 34.8 Å². The molecule has 1 aromatic carbocycles. The summed E-state index contributed by atoms with van der Waals surface area (Å²) in [4.78, 5) is 1.48. The Hall–Kier alpha value is -3.38. The van der Waals surface area contributed by atoms with Crippen LogP contribution in [0.2, 0.25) is 0 Å². The summed E-state index contributed by atoms with van der Waals surface area (Å²) in [6, 6.07) is 5.44. The van der Waals surface area contributed by atoms with Gasteiger partial charge in [0, 0.05) is 24.0 Å². The second-order valence-electron chi connectivity index (χ2n) is 5.84. The first kappa shape index (κ1) is 19.9. The van der Waals surface area contributed by atoms with E-state index in [1.807, 2.05) is 0 Å². The molecule has 0 bridgehead atoms. The van der Waals surface area contributed by atoms with Gasteiger partial charge in [-0.15, -0.1) is 0 Å². The van der Waals surface area contributed by atoms with E-state index in [0.717, 1.165) is 0 Å². The number of alkyl halides is 3. The number of hydrogen-bond donors (Lipinski definition) is 0. The topological polar surface area (TPSA) is 74.6 Å². The van der Waals surface area contributed by atoms with Crippen molar-refractivity contribution >= 4 is 0 Å². The molecular formula is C18H11F5N4. The van der Waals surface area contributed by atoms with Crippen molar-refractivity contribution in [2.45, 2.75) is 25.9 Å². The van der Waals surface area contributed by atoms with Crippen molar-refractivity contribution in [3.63, 3.8) is 0 Å². The van der Waals surface area contributed by atoms with Gasteiger partial charge in [-0.05, 0) is 19.9 Å². The Morgan fingerprint density at radius 1 is 0.926 bits per heavy atom. The van der Waals surface area contributed by atoms with Crippen LogP contribution in [0.25, 0.3) is 0 Å². The fourth-order valence-corrected chi connectivity index (χ4v) is 2.97. The van der Waals surface area contributed by atoms with E-state index in [2.05, 4.69) is 0 Å². The summed E-state index contributed by atoms with van der Waals surface area (Å²) in [6.07, 6.45) is -5.40. The first-order valence-corrected chi connectivity index (χ1v) is 7.45. The van der Waals surface area contributed by atoms with Crippen LogP contribution in [-0.2, 0) is 6.18 Å². The van der Waals surface area contributed by atoms with Gasteiger partial charge in [-0.1, -0.05) is 0 Å². The zero-order valence-electron chi connectivity index (χ0n) is 14.3. The average Bonchev–Trinajstić information content (AvgIpc) is 2.59. The van der Waals surface area contributed by atoms with E-state index < -0.39 is 40.4 Å². The second-order valence-corrected chi connectivity index (χ2v) is 5.84. The van der Waals surface area contributed by atoms with Crippen LogP contribution >= 0.6 is 0 Å². The predicted molar refractivity (Wildman–Crippen MR) is 83.2 cm³/mol. The van der Waals surface area contributed by atoms with Crippen molar-refractivity contribution < 1.29 is 22.0 Å². The quantitative estimate of drug-likeness (QED) is 0.676. The molecule has 27 heavy (non-hydrogen) atoms. The van der Waals surface area contributed by atoms with Gasteiger partial charge in [0.15, 0.2) is 5.82 Å². The average molecular weight is 378 g/mol. The molecule has 9 heteroatoms. The van der Waals surface area contributed by atoms with Gasteiger partial charge in [0.1, 0.15) is 17.4 Å². The SMILES string of the molecule is CC1=C(C#N)C(c2cc(C#N)c(F)c(C(F)(F)F)c2F)C(C#N)=C(C)N1C. The van der Waals surface area contributed by atoms with Crippen molar-refractivity contribution in [3.8, 4) is 18.2 Å². The molecule has 4 nitrogen and oxygen atoms in total. The molecule has 1 aromatic rings. The summed E-state index contributed by atoms with van der Waals surface area (Å²) >= 11 is 0. The minimum atomic E-state index is -5.40. The molecule has 138 valence electrons. The minimum Gasteiger partial charge on any atom is -0.350 e. The molecule has 0 saturated heterocycles. The van der Waals surface area contributed by atoms with E-state index in [-0.39, 0.29) is 11.1 Å². The number of allylic oxidation sites excluding steroid dienone is 4. The highest BCUT2D eigenvalue weighted by Crippen LogP contribution is 2.45. The summed E-state index contributed by atoms with van der Waals surface area (Å²) in [7, 11) is 1.54. The molecule has 0 spiro atoms. The van der Waals surface area contributed by atoms with Crippen LogP contribution in [0.1, 0.15) is 36.5 Å². The van der Waals surface area contributed by atoms with Crippen molar-refractivity contribution in [2.75, 3.05) is 7.05 Å². The third-order valence-corrected chi connectivity index (χ3v) is 4.55. The normalized spacial score (nSPS) is 15.5. The predicted octanol–water partition coefficient (Wildman–Crippen LogP) is 4.48. The third kappa shape index (κ3) is 3.00. The Kier molecular flexibility index (Phi) is 4.97. The van der Waals surface area contributed by atoms with Gasteiger partial charge in [-0.2, -0.15) is 29.0 Å². The summed E-state index contributed by atoms with van der Waals surface area (Å²) in [6.45, 7) is 2.97. The van der Waals surface area contributed by atoms with Crippen LogP contribution < -0.4 is 0 Å². The monoisotopic (exact) mass is 378 g/mol. The minimum absolute atomic E-state index is 0.165. The maximum atomic E-state index is 14.8. The maximum Gasteiger partial charge on any atom is 0.422 e. The molecule has 0 amide bonds. The van der Waals surface area contributed by atoms with Gasteiger partial charge in [-0.25, -0.2) is 8.78 Å². The molecule has 1 heterocycles. The summed E-state index contributed by atoms with van der Waals surface area (Å²) in [5, 5.41) is 27.9. The third-order valence-electron chi connectivity index (χ3n) is 4.55. The lowest BCUT2D eigenvalue weighted by Gasteiger charge is -2.33. The number of halogens is 5. The summed E-state index contributed by atoms with van der Waals surface area (Å²) in [5.41, 5.74) is -3.72. The van der Waals surface area contributed by atoms with Gasteiger partial charge in [0.25, 0.3) is 0 Å². The molecule has 0 aromatic heterocycles. The van der Waals surface area contributed by atoms with Gasteiger partial charge in [0.2, 0.25) is 0 Å². The van der Waals surface area contributed by atoms with E-state index in [0.29, 0.717) is 17.5 Å². The van der Waals surface area contributed by atoms with Crippen molar-refractivity contribution in [1.29, 1.82) is 15.8 Å². The summed E-state index contributed by atoms with van der Waals surface area (Å²) in [5.74, 6) is -5.46. The maximum absolute atomic E-state index is 14.8. The molecule has 0 fully saturated rings. The van der Waals surface area contributed by atoms with Crippen LogP contribution in [0, 0.1) is 45.6 Å². The number of benzene rings is 1. The number of hydrogen-bond acceptors (Lipinski definition) is 4. The Morgan fingerprint density at radius 3 is 1.78 bits per heavy atom. The van der Waals surface area contributed by atoms with Crippen molar-refractivity contribution in [1.82, 2.24) is 4.90 Å². The van der Waals surface area contributed by atoms with E-state index in [1.165, 1.54) is 24.8 Å². The molecule has 2 rings (SSSR count). The first-order chi connectivity index (χ1) is 12.5. The highest BCUT2D eigenvalue weighted by Gasteiger charge is 2.43. The highest BCUT2D eigenvalue weighted by molar-refractivity contribution is 5.57. The Balaban J connectivity index is 2.98. The first-order valence-electron chi connectivity index (χ1n) is 7.45. The largest absolute Gasteiger partial charge is 0.422 e. The van der Waals surface area contributed by atoms with E-state index in [9.17, 15) is 32.5 Å². The van der Waals surface area contributed by atoms with Crippen molar-refractivity contribution in [2.24, 2.45) is 0 Å². The van der Waals surface area contributed by atoms with Gasteiger partial charge >= 0.3 is 6.18 Å². The molecular weight excluding hydrogens is 367 g/mol. The number of rotatable bonds is 1. The second kappa shape index (κ2) is 6.74. The van der Waals surface area contributed by atoms with Crippen LogP contribution in [-0.4, -0.2) is 11.9 Å². The van der Waals surface area contributed by atoms with Crippen LogP contribution in [0.5, 0.6) is 0 Å². The van der Waals surface area contributed by atoms with Gasteiger partial charge < -0.3 is 4.90 Å². The van der Waals surface area contributed by atoms with E-state index in [1.54, 1.807) is 19.2 Å².